The van der Waals surface area contributed by atoms with Crippen LogP contribution in [0.5, 0.6) is 0 Å². The molecule has 0 spiro atoms. The van der Waals surface area contributed by atoms with Gasteiger partial charge in [-0.05, 0) is 37.5 Å². The third kappa shape index (κ3) is 2.94. The second kappa shape index (κ2) is 5.76. The van der Waals surface area contributed by atoms with Crippen molar-refractivity contribution in [3.63, 3.8) is 0 Å². The summed E-state index contributed by atoms with van der Waals surface area (Å²) in [6.45, 7) is 6.31. The molecular weight excluding hydrogens is 228 g/mol. The molecule has 0 aliphatic carbocycles. The molecule has 1 aromatic rings. The van der Waals surface area contributed by atoms with Crippen molar-refractivity contribution in [2.75, 3.05) is 11.1 Å². The van der Waals surface area contributed by atoms with Gasteiger partial charge in [-0.25, -0.2) is 4.79 Å². The second-order valence-electron chi connectivity index (χ2n) is 4.58. The molecule has 0 radical (unpaired) electrons. The van der Waals surface area contributed by atoms with E-state index in [1.807, 2.05) is 0 Å². The van der Waals surface area contributed by atoms with Crippen molar-refractivity contribution in [3.8, 4) is 0 Å². The largest absolute Gasteiger partial charge is 0.478 e. The Bertz CT molecular complexity index is 418. The van der Waals surface area contributed by atoms with E-state index in [2.05, 4.69) is 26.1 Å². The second-order valence-corrected chi connectivity index (χ2v) is 4.58. The lowest BCUT2D eigenvalue weighted by Crippen LogP contribution is -2.36. The smallest absolute Gasteiger partial charge is 0.337 e. The van der Waals surface area contributed by atoms with Crippen LogP contribution in [0.3, 0.4) is 0 Å². The molecule has 0 unspecified atom stereocenters. The van der Waals surface area contributed by atoms with Gasteiger partial charge < -0.3 is 16.2 Å². The molecule has 0 saturated heterocycles. The Hall–Kier alpha value is -1.71. The summed E-state index contributed by atoms with van der Waals surface area (Å²) in [6, 6.07) is 4.85. The number of carboxylic acid groups (broad SMARTS) is 1. The molecule has 0 bridgehead atoms. The lowest BCUT2D eigenvalue weighted by atomic mass is 9.89. The van der Waals surface area contributed by atoms with Crippen LogP contribution >= 0.6 is 0 Å². The fraction of sp³-hybridized carbons (Fsp3) is 0.500. The number of nitrogens with one attached hydrogen (secondary N) is 1. The van der Waals surface area contributed by atoms with E-state index in [9.17, 15) is 9.90 Å². The molecule has 0 heterocycles. The first-order valence-electron chi connectivity index (χ1n) is 6.39. The number of hydrogen-bond donors (Lipinski definition) is 3. The van der Waals surface area contributed by atoms with Crippen LogP contribution in [0.15, 0.2) is 18.2 Å². The van der Waals surface area contributed by atoms with Crippen LogP contribution < -0.4 is 11.1 Å². The van der Waals surface area contributed by atoms with Crippen LogP contribution in [0, 0.1) is 0 Å². The molecule has 0 saturated carbocycles. The number of rotatable bonds is 6. The fourth-order valence-electron chi connectivity index (χ4n) is 2.15. The summed E-state index contributed by atoms with van der Waals surface area (Å²) in [5.74, 6) is -0.935. The zero-order valence-electron chi connectivity index (χ0n) is 11.3. The fourth-order valence-corrected chi connectivity index (χ4v) is 2.15. The van der Waals surface area contributed by atoms with Crippen LogP contribution in [-0.4, -0.2) is 16.6 Å². The highest BCUT2D eigenvalue weighted by Crippen LogP contribution is 2.29. The third-order valence-electron chi connectivity index (χ3n) is 3.70. The Morgan fingerprint density at radius 1 is 1.28 bits per heavy atom. The maximum Gasteiger partial charge on any atom is 0.337 e. The third-order valence-corrected chi connectivity index (χ3v) is 3.70. The molecule has 0 aliphatic rings. The van der Waals surface area contributed by atoms with Gasteiger partial charge in [0.15, 0.2) is 0 Å². The van der Waals surface area contributed by atoms with Crippen LogP contribution in [0.4, 0.5) is 11.4 Å². The Kier molecular flexibility index (Phi) is 4.59. The number of nitrogens with two attached hydrogens (primary N) is 1. The maximum absolute atomic E-state index is 11.2. The monoisotopic (exact) mass is 250 g/mol. The van der Waals surface area contributed by atoms with Crippen molar-refractivity contribution in [1.29, 1.82) is 0 Å². The van der Waals surface area contributed by atoms with Crippen molar-refractivity contribution in [3.05, 3.63) is 23.8 Å². The number of nitrogen functional groups attached to an aromatic ring is 1. The molecule has 1 aromatic carbocycles. The molecule has 100 valence electrons. The van der Waals surface area contributed by atoms with Gasteiger partial charge in [0.2, 0.25) is 0 Å². The van der Waals surface area contributed by atoms with E-state index in [1.54, 1.807) is 18.2 Å². The van der Waals surface area contributed by atoms with Gasteiger partial charge in [-0.3, -0.25) is 0 Å². The highest BCUT2D eigenvalue weighted by Gasteiger charge is 2.25. The van der Waals surface area contributed by atoms with E-state index < -0.39 is 5.97 Å². The number of benzene rings is 1. The SMILES string of the molecule is CCC(CC)(CC)Nc1cc(N)ccc1C(=O)O. The van der Waals surface area contributed by atoms with E-state index >= 15 is 0 Å². The van der Waals surface area contributed by atoms with Gasteiger partial charge in [0.1, 0.15) is 0 Å². The van der Waals surface area contributed by atoms with Crippen LogP contribution in [0.2, 0.25) is 0 Å². The first-order chi connectivity index (χ1) is 8.48. The highest BCUT2D eigenvalue weighted by molar-refractivity contribution is 5.95. The predicted octanol–water partition coefficient (Wildman–Crippen LogP) is 3.35. The number of hydrogen-bond acceptors (Lipinski definition) is 3. The summed E-state index contributed by atoms with van der Waals surface area (Å²) in [4.78, 5) is 11.2. The standard InChI is InChI=1S/C14H22N2O2/c1-4-14(5-2,6-3)16-12-9-10(15)7-8-11(12)13(17)18/h7-9,16H,4-6,15H2,1-3H3,(H,17,18). The Balaban J connectivity index is 3.16. The molecular formula is C14H22N2O2. The number of aromatic carboxylic acids is 1. The van der Waals surface area contributed by atoms with Gasteiger partial charge in [-0.15, -0.1) is 0 Å². The minimum Gasteiger partial charge on any atom is -0.478 e. The van der Waals surface area contributed by atoms with Gasteiger partial charge in [0, 0.05) is 11.2 Å². The van der Waals surface area contributed by atoms with Crippen LogP contribution in [0.25, 0.3) is 0 Å². The summed E-state index contributed by atoms with van der Waals surface area (Å²) in [5.41, 5.74) is 7.11. The van der Waals surface area contributed by atoms with E-state index in [4.69, 9.17) is 5.73 Å². The topological polar surface area (TPSA) is 75.3 Å². The summed E-state index contributed by atoms with van der Waals surface area (Å²) in [5, 5.41) is 12.6. The zero-order chi connectivity index (χ0) is 13.8. The Morgan fingerprint density at radius 2 is 1.83 bits per heavy atom. The normalized spacial score (nSPS) is 11.3. The Morgan fingerprint density at radius 3 is 2.28 bits per heavy atom. The van der Waals surface area contributed by atoms with E-state index in [0.29, 0.717) is 11.4 Å². The molecule has 1 rings (SSSR count). The van der Waals surface area contributed by atoms with Gasteiger partial charge >= 0.3 is 5.97 Å². The molecule has 0 aliphatic heterocycles. The number of carbonyl (C=O) groups is 1. The van der Waals surface area contributed by atoms with Crippen LogP contribution in [-0.2, 0) is 0 Å². The van der Waals surface area contributed by atoms with Gasteiger partial charge in [-0.2, -0.15) is 0 Å². The summed E-state index contributed by atoms with van der Waals surface area (Å²) in [6.07, 6.45) is 2.82. The lowest BCUT2D eigenvalue weighted by molar-refractivity contribution is 0.0698. The minimum atomic E-state index is -0.935. The highest BCUT2D eigenvalue weighted by atomic mass is 16.4. The first-order valence-corrected chi connectivity index (χ1v) is 6.39. The van der Waals surface area contributed by atoms with E-state index in [1.165, 1.54) is 0 Å². The average molecular weight is 250 g/mol. The summed E-state index contributed by atoms with van der Waals surface area (Å²) in [7, 11) is 0. The molecule has 4 nitrogen and oxygen atoms in total. The van der Waals surface area contributed by atoms with E-state index in [0.717, 1.165) is 19.3 Å². The Labute approximate surface area is 108 Å². The molecule has 0 fully saturated rings. The number of anilines is 2. The molecule has 0 atom stereocenters. The molecule has 0 amide bonds. The van der Waals surface area contributed by atoms with Crippen molar-refractivity contribution >= 4 is 17.3 Å². The molecule has 18 heavy (non-hydrogen) atoms. The number of carboxylic acids is 1. The lowest BCUT2D eigenvalue weighted by Gasteiger charge is -2.33. The average Bonchev–Trinajstić information content (AvgIpc) is 2.36. The summed E-state index contributed by atoms with van der Waals surface area (Å²) >= 11 is 0. The van der Waals surface area contributed by atoms with Gasteiger partial charge in [-0.1, -0.05) is 20.8 Å². The zero-order valence-corrected chi connectivity index (χ0v) is 11.3. The van der Waals surface area contributed by atoms with Crippen molar-refractivity contribution < 1.29 is 9.90 Å². The molecule has 4 N–H and O–H groups in total. The minimum absolute atomic E-state index is 0.0714. The van der Waals surface area contributed by atoms with Crippen LogP contribution in [0.1, 0.15) is 50.4 Å². The van der Waals surface area contributed by atoms with Gasteiger partial charge in [0.05, 0.1) is 11.3 Å². The van der Waals surface area contributed by atoms with Crippen molar-refractivity contribution in [2.24, 2.45) is 0 Å². The van der Waals surface area contributed by atoms with Crippen molar-refractivity contribution in [2.45, 2.75) is 45.6 Å². The summed E-state index contributed by atoms with van der Waals surface area (Å²) < 4.78 is 0. The van der Waals surface area contributed by atoms with Crippen molar-refractivity contribution in [1.82, 2.24) is 0 Å². The van der Waals surface area contributed by atoms with Gasteiger partial charge in [0.25, 0.3) is 0 Å². The maximum atomic E-state index is 11.2. The predicted molar refractivity (Wildman–Crippen MR) is 75.0 cm³/mol. The molecule has 4 heteroatoms. The van der Waals surface area contributed by atoms with E-state index in [-0.39, 0.29) is 11.1 Å². The quantitative estimate of drug-likeness (QED) is 0.677. The first kappa shape index (κ1) is 14.4. The molecule has 0 aromatic heterocycles.